The fourth-order valence-electron chi connectivity index (χ4n) is 1.83. The number of hydrogen-bond acceptors (Lipinski definition) is 3. The summed E-state index contributed by atoms with van der Waals surface area (Å²) in [6.07, 6.45) is 0. The monoisotopic (exact) mass is 403 g/mol. The number of hydrogen-bond donors (Lipinski definition) is 0. The lowest BCUT2D eigenvalue weighted by molar-refractivity contribution is -0.599. The van der Waals surface area contributed by atoms with Crippen LogP contribution in [0.3, 0.4) is 0 Å². The molecule has 112 valence electrons. The zero-order chi connectivity index (χ0) is 15.4. The second kappa shape index (κ2) is 6.98. The van der Waals surface area contributed by atoms with Gasteiger partial charge in [-0.1, -0.05) is 6.07 Å². The Morgan fingerprint density at radius 2 is 1.52 bits per heavy atom. The Balaban J connectivity index is 2.49. The van der Waals surface area contributed by atoms with Gasteiger partial charge < -0.3 is 14.2 Å². The SMILES string of the molecule is COc1cc(OC)c([I+]c2cc(F)ccc2C)c(OC)c1. The number of benzene rings is 2. The first-order chi connectivity index (χ1) is 10.1. The predicted molar refractivity (Wildman–Crippen MR) is 74.6 cm³/mol. The first-order valence-corrected chi connectivity index (χ1v) is 8.45. The molecule has 21 heavy (non-hydrogen) atoms. The van der Waals surface area contributed by atoms with Crippen molar-refractivity contribution in [3.8, 4) is 17.2 Å². The zero-order valence-electron chi connectivity index (χ0n) is 12.4. The fourth-order valence-corrected chi connectivity index (χ4v) is 4.75. The van der Waals surface area contributed by atoms with Gasteiger partial charge in [0, 0.05) is 23.8 Å². The van der Waals surface area contributed by atoms with Gasteiger partial charge in [-0.15, -0.1) is 0 Å². The van der Waals surface area contributed by atoms with E-state index in [0.29, 0.717) is 17.2 Å². The molecule has 0 aromatic heterocycles. The summed E-state index contributed by atoms with van der Waals surface area (Å²) >= 11 is -0.630. The first-order valence-electron chi connectivity index (χ1n) is 6.30. The van der Waals surface area contributed by atoms with Crippen LogP contribution in [0.2, 0.25) is 0 Å². The van der Waals surface area contributed by atoms with Crippen LogP contribution in [0.5, 0.6) is 17.2 Å². The van der Waals surface area contributed by atoms with Crippen LogP contribution in [0.4, 0.5) is 4.39 Å². The highest BCUT2D eigenvalue weighted by Crippen LogP contribution is 2.27. The Kier molecular flexibility index (Phi) is 5.27. The quantitative estimate of drug-likeness (QED) is 0.672. The van der Waals surface area contributed by atoms with E-state index in [4.69, 9.17) is 14.2 Å². The molecule has 0 unspecified atom stereocenters. The largest absolute Gasteiger partial charge is 0.496 e. The van der Waals surface area contributed by atoms with Gasteiger partial charge in [0.25, 0.3) is 3.57 Å². The third-order valence-electron chi connectivity index (χ3n) is 2.99. The minimum Gasteiger partial charge on any atom is -0.496 e. The lowest BCUT2D eigenvalue weighted by Gasteiger charge is -2.08. The smallest absolute Gasteiger partial charge is 0.366 e. The van der Waals surface area contributed by atoms with Crippen LogP contribution >= 0.6 is 0 Å². The minimum absolute atomic E-state index is 0.221. The summed E-state index contributed by atoms with van der Waals surface area (Å²) < 4.78 is 31.6. The lowest BCUT2D eigenvalue weighted by Crippen LogP contribution is -3.61. The molecule has 0 N–H and O–H groups in total. The fraction of sp³-hybridized carbons (Fsp3) is 0.250. The van der Waals surface area contributed by atoms with E-state index in [1.807, 2.05) is 19.1 Å². The molecule has 5 heteroatoms. The molecule has 2 rings (SSSR count). The van der Waals surface area contributed by atoms with Crippen molar-refractivity contribution in [1.29, 1.82) is 0 Å². The van der Waals surface area contributed by atoms with Gasteiger partial charge in [0.15, 0.2) is 11.5 Å². The molecule has 0 atom stereocenters. The van der Waals surface area contributed by atoms with Crippen LogP contribution in [0, 0.1) is 19.9 Å². The van der Waals surface area contributed by atoms with E-state index in [1.54, 1.807) is 33.5 Å². The van der Waals surface area contributed by atoms with Crippen LogP contribution in [-0.2, 0) is 0 Å². The Morgan fingerprint density at radius 1 is 0.905 bits per heavy atom. The van der Waals surface area contributed by atoms with Crippen molar-refractivity contribution in [2.24, 2.45) is 0 Å². The predicted octanol–water partition coefficient (Wildman–Crippen LogP) is 0.288. The van der Waals surface area contributed by atoms with Gasteiger partial charge in [-0.2, -0.15) is 0 Å². The van der Waals surface area contributed by atoms with E-state index in [-0.39, 0.29) is 5.82 Å². The molecule has 2 aromatic carbocycles. The van der Waals surface area contributed by atoms with Crippen molar-refractivity contribution < 1.29 is 39.8 Å². The second-order valence-electron chi connectivity index (χ2n) is 4.33. The summed E-state index contributed by atoms with van der Waals surface area (Å²) in [6.45, 7) is 1.98. The normalized spacial score (nSPS) is 10.3. The van der Waals surface area contributed by atoms with Gasteiger partial charge in [0.2, 0.25) is 3.57 Å². The van der Waals surface area contributed by atoms with Crippen molar-refractivity contribution in [1.82, 2.24) is 0 Å². The topological polar surface area (TPSA) is 27.7 Å². The number of rotatable bonds is 5. The third kappa shape index (κ3) is 3.58. The molecule has 0 aliphatic rings. The lowest BCUT2D eigenvalue weighted by atomic mass is 10.2. The summed E-state index contributed by atoms with van der Waals surface area (Å²) in [7, 11) is 4.82. The molecule has 0 aliphatic carbocycles. The maximum absolute atomic E-state index is 13.5. The number of ether oxygens (including phenoxy) is 3. The van der Waals surface area contributed by atoms with Gasteiger partial charge in [-0.25, -0.2) is 4.39 Å². The first kappa shape index (κ1) is 15.9. The molecule has 0 saturated heterocycles. The molecular weight excluding hydrogens is 386 g/mol. The molecule has 3 nitrogen and oxygen atoms in total. The van der Waals surface area contributed by atoms with E-state index in [9.17, 15) is 4.39 Å². The molecule has 0 aliphatic heterocycles. The molecule has 0 spiro atoms. The summed E-state index contributed by atoms with van der Waals surface area (Å²) in [5.74, 6) is 1.87. The average Bonchev–Trinajstić information content (AvgIpc) is 2.50. The molecule has 2 aromatic rings. The Labute approximate surface area is 134 Å². The maximum Gasteiger partial charge on any atom is 0.366 e. The van der Waals surface area contributed by atoms with Crippen molar-refractivity contribution in [2.45, 2.75) is 6.92 Å². The summed E-state index contributed by atoms with van der Waals surface area (Å²) in [6, 6.07) is 8.52. The van der Waals surface area contributed by atoms with Gasteiger partial charge in [0.1, 0.15) is 11.6 Å². The van der Waals surface area contributed by atoms with Crippen LogP contribution in [-0.4, -0.2) is 21.3 Å². The van der Waals surface area contributed by atoms with Crippen LogP contribution in [0.1, 0.15) is 5.56 Å². The van der Waals surface area contributed by atoms with Crippen LogP contribution in [0.15, 0.2) is 30.3 Å². The minimum atomic E-state index is -0.630. The number of halogens is 2. The average molecular weight is 403 g/mol. The number of aryl methyl sites for hydroxylation is 1. The van der Waals surface area contributed by atoms with Crippen molar-refractivity contribution >= 4 is 0 Å². The molecule has 0 fully saturated rings. The Morgan fingerprint density at radius 3 is 2.05 bits per heavy atom. The third-order valence-corrected chi connectivity index (χ3v) is 6.33. The van der Waals surface area contributed by atoms with Crippen molar-refractivity contribution in [3.05, 3.63) is 48.9 Å². The summed E-state index contributed by atoms with van der Waals surface area (Å²) in [5.41, 5.74) is 1.07. The molecule has 0 heterocycles. The number of methoxy groups -OCH3 is 3. The Hall–Kier alpha value is -1.50. The molecule has 0 amide bonds. The van der Waals surface area contributed by atoms with Crippen LogP contribution < -0.4 is 35.4 Å². The zero-order valence-corrected chi connectivity index (χ0v) is 14.5. The molecular formula is C16H17FIO3+. The Bertz CT molecular complexity index is 618. The van der Waals surface area contributed by atoms with Gasteiger partial charge >= 0.3 is 21.2 Å². The van der Waals surface area contributed by atoms with E-state index >= 15 is 0 Å². The molecule has 0 radical (unpaired) electrons. The van der Waals surface area contributed by atoms with E-state index in [0.717, 1.165) is 12.7 Å². The highest BCUT2D eigenvalue weighted by Gasteiger charge is 2.29. The van der Waals surface area contributed by atoms with E-state index in [2.05, 4.69) is 0 Å². The van der Waals surface area contributed by atoms with Crippen molar-refractivity contribution in [2.75, 3.05) is 21.3 Å². The molecule has 0 saturated carbocycles. The van der Waals surface area contributed by atoms with Gasteiger partial charge in [-0.05, 0) is 13.0 Å². The van der Waals surface area contributed by atoms with Gasteiger partial charge in [0.05, 0.1) is 21.3 Å². The highest BCUT2D eigenvalue weighted by molar-refractivity contribution is 5.41. The maximum atomic E-state index is 13.5. The van der Waals surface area contributed by atoms with Crippen molar-refractivity contribution in [3.63, 3.8) is 0 Å². The van der Waals surface area contributed by atoms with Gasteiger partial charge in [-0.3, -0.25) is 0 Å². The van der Waals surface area contributed by atoms with E-state index in [1.165, 1.54) is 6.07 Å². The summed E-state index contributed by atoms with van der Waals surface area (Å²) in [4.78, 5) is 0. The summed E-state index contributed by atoms with van der Waals surface area (Å²) in [5, 5.41) is 0. The highest BCUT2D eigenvalue weighted by atomic mass is 127. The van der Waals surface area contributed by atoms with E-state index < -0.39 is 21.2 Å². The van der Waals surface area contributed by atoms with Crippen LogP contribution in [0.25, 0.3) is 0 Å². The standard InChI is InChI=1S/C16H17FIO3/c1-10-5-6-11(17)7-13(10)18-16-14(20-3)8-12(19-2)9-15(16)21-4/h5-9H,1-4H3/q+1. The molecule has 0 bridgehead atoms. The second-order valence-corrected chi connectivity index (χ2v) is 7.11.